The number of amides is 2. The van der Waals surface area contributed by atoms with E-state index < -0.39 is 21.8 Å². The van der Waals surface area contributed by atoms with Crippen molar-refractivity contribution in [2.45, 2.75) is 17.7 Å². The summed E-state index contributed by atoms with van der Waals surface area (Å²) in [5.74, 6) is -1.11. The molecule has 0 saturated heterocycles. The maximum Gasteiger partial charge on any atom is 0.314 e. The molecule has 3 N–H and O–H groups in total. The fraction of sp³-hybridized carbons (Fsp3) is 0.385. The maximum absolute atomic E-state index is 12.0. The smallest absolute Gasteiger partial charge is 0.314 e. The van der Waals surface area contributed by atoms with Crippen LogP contribution in [0.2, 0.25) is 5.02 Å². The molecule has 1 aromatic carbocycles. The molecule has 0 aliphatic rings. The van der Waals surface area contributed by atoms with Crippen LogP contribution in [0.25, 0.3) is 0 Å². The number of hydrogen-bond acceptors (Lipinski definition) is 4. The SMILES string of the molecule is O=C(O)CCNC(=O)NCCCS(=O)(=O)c1ccc(Cl)cc1. The number of aliphatic carboxylic acids is 1. The van der Waals surface area contributed by atoms with Gasteiger partial charge in [0.05, 0.1) is 17.1 Å². The van der Waals surface area contributed by atoms with Gasteiger partial charge in [-0.15, -0.1) is 0 Å². The Morgan fingerprint density at radius 2 is 1.68 bits per heavy atom. The van der Waals surface area contributed by atoms with Crippen molar-refractivity contribution in [2.75, 3.05) is 18.8 Å². The van der Waals surface area contributed by atoms with Crippen molar-refractivity contribution in [1.29, 1.82) is 0 Å². The molecule has 1 rings (SSSR count). The summed E-state index contributed by atoms with van der Waals surface area (Å²) < 4.78 is 24.0. The van der Waals surface area contributed by atoms with Gasteiger partial charge in [-0.05, 0) is 30.7 Å². The molecule has 0 aromatic heterocycles. The number of benzene rings is 1. The number of halogens is 1. The van der Waals surface area contributed by atoms with Crippen molar-refractivity contribution < 1.29 is 23.1 Å². The first-order valence-corrected chi connectivity index (χ1v) is 8.56. The Hall–Kier alpha value is -1.80. The summed E-state index contributed by atoms with van der Waals surface area (Å²) >= 11 is 5.70. The lowest BCUT2D eigenvalue weighted by atomic mass is 10.4. The van der Waals surface area contributed by atoms with E-state index in [1.807, 2.05) is 0 Å². The van der Waals surface area contributed by atoms with Crippen LogP contribution in [0, 0.1) is 0 Å². The van der Waals surface area contributed by atoms with Crippen molar-refractivity contribution in [3.05, 3.63) is 29.3 Å². The number of rotatable bonds is 8. The van der Waals surface area contributed by atoms with Crippen LogP contribution in [-0.2, 0) is 14.6 Å². The highest BCUT2D eigenvalue weighted by Crippen LogP contribution is 2.15. The molecule has 22 heavy (non-hydrogen) atoms. The average Bonchev–Trinajstić information content (AvgIpc) is 2.44. The molecule has 0 radical (unpaired) electrons. The van der Waals surface area contributed by atoms with Crippen molar-refractivity contribution >= 4 is 33.4 Å². The lowest BCUT2D eigenvalue weighted by Gasteiger charge is -2.07. The van der Waals surface area contributed by atoms with Gasteiger partial charge in [0.25, 0.3) is 0 Å². The zero-order chi connectivity index (χ0) is 16.6. The van der Waals surface area contributed by atoms with Crippen molar-refractivity contribution in [2.24, 2.45) is 0 Å². The van der Waals surface area contributed by atoms with Crippen LogP contribution >= 0.6 is 11.6 Å². The highest BCUT2D eigenvalue weighted by atomic mass is 35.5. The van der Waals surface area contributed by atoms with Crippen molar-refractivity contribution in [3.63, 3.8) is 0 Å². The standard InChI is InChI=1S/C13H17ClN2O5S/c14-10-2-4-11(5-3-10)22(20,21)9-1-7-15-13(19)16-8-6-12(17)18/h2-5H,1,6-9H2,(H,17,18)(H2,15,16,19). The van der Waals surface area contributed by atoms with Gasteiger partial charge < -0.3 is 15.7 Å². The summed E-state index contributed by atoms with van der Waals surface area (Å²) in [6, 6.07) is 5.35. The van der Waals surface area contributed by atoms with Crippen LogP contribution in [0.1, 0.15) is 12.8 Å². The van der Waals surface area contributed by atoms with Gasteiger partial charge in [-0.2, -0.15) is 0 Å². The van der Waals surface area contributed by atoms with Crippen LogP contribution in [0.3, 0.4) is 0 Å². The lowest BCUT2D eigenvalue weighted by Crippen LogP contribution is -2.37. The number of carboxylic acids is 1. The van der Waals surface area contributed by atoms with Crippen molar-refractivity contribution in [1.82, 2.24) is 10.6 Å². The highest BCUT2D eigenvalue weighted by Gasteiger charge is 2.13. The number of carbonyl (C=O) groups excluding carboxylic acids is 1. The van der Waals surface area contributed by atoms with E-state index in [-0.39, 0.29) is 36.6 Å². The van der Waals surface area contributed by atoms with Crippen LogP contribution < -0.4 is 10.6 Å². The second-order valence-electron chi connectivity index (χ2n) is 4.45. The molecule has 0 fully saturated rings. The predicted octanol–water partition coefficient (Wildman–Crippen LogP) is 1.28. The molecule has 0 saturated carbocycles. The number of urea groups is 1. The van der Waals surface area contributed by atoms with E-state index in [1.165, 1.54) is 24.3 Å². The summed E-state index contributed by atoms with van der Waals surface area (Å²) in [6.45, 7) is 0.190. The molecule has 7 nitrogen and oxygen atoms in total. The zero-order valence-electron chi connectivity index (χ0n) is 11.7. The Bertz CT molecular complexity index is 616. The molecule has 0 heterocycles. The third-order valence-electron chi connectivity index (χ3n) is 2.67. The number of nitrogens with one attached hydrogen (secondary N) is 2. The Morgan fingerprint density at radius 1 is 1.09 bits per heavy atom. The molecule has 122 valence electrons. The molecule has 0 spiro atoms. The third-order valence-corrected chi connectivity index (χ3v) is 4.74. The first-order valence-electron chi connectivity index (χ1n) is 6.53. The minimum absolute atomic E-state index is 0.0181. The lowest BCUT2D eigenvalue weighted by molar-refractivity contribution is -0.136. The molecule has 0 unspecified atom stereocenters. The minimum Gasteiger partial charge on any atom is -0.481 e. The fourth-order valence-corrected chi connectivity index (χ4v) is 3.01. The molecule has 9 heteroatoms. The molecule has 1 aromatic rings. The summed E-state index contributed by atoms with van der Waals surface area (Å²) in [6.07, 6.45) is 0.0790. The van der Waals surface area contributed by atoms with Gasteiger partial charge in [0, 0.05) is 18.1 Å². The van der Waals surface area contributed by atoms with Gasteiger partial charge in [-0.3, -0.25) is 4.79 Å². The summed E-state index contributed by atoms with van der Waals surface area (Å²) in [4.78, 5) is 21.7. The molecule has 0 aliphatic heterocycles. The van der Waals surface area contributed by atoms with Gasteiger partial charge in [0.2, 0.25) is 0 Å². The highest BCUT2D eigenvalue weighted by molar-refractivity contribution is 7.91. The van der Waals surface area contributed by atoms with Gasteiger partial charge in [-0.25, -0.2) is 13.2 Å². The van der Waals surface area contributed by atoms with E-state index in [2.05, 4.69) is 10.6 Å². The topological polar surface area (TPSA) is 113 Å². The molecular formula is C13H17ClN2O5S. The van der Waals surface area contributed by atoms with Gasteiger partial charge >= 0.3 is 12.0 Å². The Morgan fingerprint density at radius 3 is 2.27 bits per heavy atom. The maximum atomic E-state index is 12.0. The second-order valence-corrected chi connectivity index (χ2v) is 7.00. The summed E-state index contributed by atoms with van der Waals surface area (Å²) in [5.41, 5.74) is 0. The van der Waals surface area contributed by atoms with Gasteiger partial charge in [-0.1, -0.05) is 11.6 Å². The first kappa shape index (κ1) is 18.2. The molecule has 0 atom stereocenters. The Kier molecular flexibility index (Phi) is 7.13. The molecule has 0 bridgehead atoms. The first-order chi connectivity index (χ1) is 10.3. The van der Waals surface area contributed by atoms with Gasteiger partial charge in [0.1, 0.15) is 0 Å². The van der Waals surface area contributed by atoms with E-state index in [9.17, 15) is 18.0 Å². The fourth-order valence-electron chi connectivity index (χ4n) is 1.57. The second kappa shape index (κ2) is 8.60. The van der Waals surface area contributed by atoms with Crippen LogP contribution in [0.5, 0.6) is 0 Å². The molecular weight excluding hydrogens is 332 g/mol. The van der Waals surface area contributed by atoms with Crippen LogP contribution in [0.15, 0.2) is 29.2 Å². The number of carboxylic acid groups (broad SMARTS) is 1. The predicted molar refractivity (Wildman–Crippen MR) is 81.8 cm³/mol. The number of sulfone groups is 1. The van der Waals surface area contributed by atoms with E-state index >= 15 is 0 Å². The Labute approximate surface area is 133 Å². The number of carbonyl (C=O) groups is 2. The van der Waals surface area contributed by atoms with Crippen molar-refractivity contribution in [3.8, 4) is 0 Å². The van der Waals surface area contributed by atoms with Crippen LogP contribution in [0.4, 0.5) is 4.79 Å². The van der Waals surface area contributed by atoms with E-state index in [0.29, 0.717) is 5.02 Å². The van der Waals surface area contributed by atoms with E-state index in [1.54, 1.807) is 0 Å². The van der Waals surface area contributed by atoms with Crippen LogP contribution in [-0.4, -0.2) is 44.4 Å². The monoisotopic (exact) mass is 348 g/mol. The average molecular weight is 349 g/mol. The van der Waals surface area contributed by atoms with Gasteiger partial charge in [0.15, 0.2) is 9.84 Å². The summed E-state index contributed by atoms with van der Waals surface area (Å²) in [5, 5.41) is 13.7. The van der Waals surface area contributed by atoms with E-state index in [0.717, 1.165) is 0 Å². The molecule has 0 aliphatic carbocycles. The number of hydrogen-bond donors (Lipinski definition) is 3. The van der Waals surface area contributed by atoms with E-state index in [4.69, 9.17) is 16.7 Å². The normalized spacial score (nSPS) is 11.0. The zero-order valence-corrected chi connectivity index (χ0v) is 13.3. The largest absolute Gasteiger partial charge is 0.481 e. The summed E-state index contributed by atoms with van der Waals surface area (Å²) in [7, 11) is -3.41. The third kappa shape index (κ3) is 6.77. The minimum atomic E-state index is -3.41. The quantitative estimate of drug-likeness (QED) is 0.612. The Balaban J connectivity index is 2.30. The molecule has 2 amide bonds.